The standard InChI is InChI=1S/C8H8BrF2NO/c1-8(10,11)5-13-7-2-6(9)3-12-4-7/h2-4H,5H2,1H3. The Morgan fingerprint density at radius 1 is 1.54 bits per heavy atom. The van der Waals surface area contributed by atoms with Gasteiger partial charge in [0.1, 0.15) is 5.75 Å². The van der Waals surface area contributed by atoms with Gasteiger partial charge in [-0.25, -0.2) is 8.78 Å². The Bertz CT molecular complexity index is 288. The van der Waals surface area contributed by atoms with E-state index in [1.807, 2.05) is 0 Å². The summed E-state index contributed by atoms with van der Waals surface area (Å²) < 4.78 is 30.2. The summed E-state index contributed by atoms with van der Waals surface area (Å²) in [6.45, 7) is 0.170. The van der Waals surface area contributed by atoms with Crippen molar-refractivity contribution in [3.63, 3.8) is 0 Å². The lowest BCUT2D eigenvalue weighted by atomic mass is 10.4. The number of ether oxygens (including phenoxy) is 1. The largest absolute Gasteiger partial charge is 0.486 e. The maximum Gasteiger partial charge on any atom is 0.278 e. The van der Waals surface area contributed by atoms with Crippen LogP contribution in [0.4, 0.5) is 8.78 Å². The van der Waals surface area contributed by atoms with E-state index in [1.54, 1.807) is 12.3 Å². The second-order valence-electron chi connectivity index (χ2n) is 2.70. The first-order valence-corrected chi connectivity index (χ1v) is 4.38. The number of alkyl halides is 2. The molecule has 0 spiro atoms. The van der Waals surface area contributed by atoms with E-state index in [4.69, 9.17) is 4.74 Å². The normalized spacial score (nSPS) is 11.4. The molecule has 0 atom stereocenters. The van der Waals surface area contributed by atoms with Crippen molar-refractivity contribution in [2.45, 2.75) is 12.8 Å². The van der Waals surface area contributed by atoms with Gasteiger partial charge in [-0.2, -0.15) is 0 Å². The highest BCUT2D eigenvalue weighted by Gasteiger charge is 2.21. The molecule has 0 aromatic carbocycles. The Labute approximate surface area is 83.1 Å². The summed E-state index contributed by atoms with van der Waals surface area (Å²) in [5.74, 6) is -2.49. The Morgan fingerprint density at radius 2 is 2.23 bits per heavy atom. The van der Waals surface area contributed by atoms with Gasteiger partial charge in [-0.05, 0) is 22.0 Å². The van der Waals surface area contributed by atoms with E-state index in [0.717, 1.165) is 6.92 Å². The number of hydrogen-bond acceptors (Lipinski definition) is 2. The van der Waals surface area contributed by atoms with Crippen LogP contribution in [0.2, 0.25) is 0 Å². The third-order valence-electron chi connectivity index (χ3n) is 1.17. The smallest absolute Gasteiger partial charge is 0.278 e. The van der Waals surface area contributed by atoms with Crippen molar-refractivity contribution in [2.24, 2.45) is 0 Å². The van der Waals surface area contributed by atoms with Crippen molar-refractivity contribution >= 4 is 15.9 Å². The zero-order valence-corrected chi connectivity index (χ0v) is 8.51. The van der Waals surface area contributed by atoms with E-state index in [9.17, 15) is 8.78 Å². The lowest BCUT2D eigenvalue weighted by Gasteiger charge is -2.11. The monoisotopic (exact) mass is 251 g/mol. The predicted molar refractivity (Wildman–Crippen MR) is 48.1 cm³/mol. The molecule has 72 valence electrons. The van der Waals surface area contributed by atoms with Gasteiger partial charge >= 0.3 is 0 Å². The Morgan fingerprint density at radius 3 is 2.77 bits per heavy atom. The minimum absolute atomic E-state index is 0.330. The van der Waals surface area contributed by atoms with Crippen LogP contribution in [0.15, 0.2) is 22.9 Å². The minimum Gasteiger partial charge on any atom is -0.486 e. The molecule has 1 heterocycles. The molecular formula is C8H8BrF2NO. The molecule has 0 aliphatic heterocycles. The molecule has 0 saturated heterocycles. The van der Waals surface area contributed by atoms with Gasteiger partial charge in [-0.1, -0.05) is 0 Å². The quantitative estimate of drug-likeness (QED) is 0.825. The fourth-order valence-electron chi connectivity index (χ4n) is 0.681. The van der Waals surface area contributed by atoms with Gasteiger partial charge in [0.2, 0.25) is 0 Å². The van der Waals surface area contributed by atoms with Gasteiger partial charge in [-0.15, -0.1) is 0 Å². The molecule has 0 bridgehead atoms. The van der Waals surface area contributed by atoms with E-state index in [1.165, 1.54) is 6.20 Å². The number of rotatable bonds is 3. The highest BCUT2D eigenvalue weighted by atomic mass is 79.9. The van der Waals surface area contributed by atoms with E-state index in [0.29, 0.717) is 10.2 Å². The van der Waals surface area contributed by atoms with Crippen LogP contribution in [0.1, 0.15) is 6.92 Å². The fourth-order valence-corrected chi connectivity index (χ4v) is 1.03. The lowest BCUT2D eigenvalue weighted by molar-refractivity contribution is -0.0230. The van der Waals surface area contributed by atoms with E-state index in [-0.39, 0.29) is 0 Å². The van der Waals surface area contributed by atoms with Crippen molar-refractivity contribution in [1.82, 2.24) is 4.98 Å². The molecule has 0 radical (unpaired) electrons. The third kappa shape index (κ3) is 4.17. The average molecular weight is 252 g/mol. The third-order valence-corrected chi connectivity index (χ3v) is 1.61. The molecule has 0 aliphatic rings. The van der Waals surface area contributed by atoms with Crippen LogP contribution in [0.25, 0.3) is 0 Å². The van der Waals surface area contributed by atoms with Crippen molar-refractivity contribution in [3.05, 3.63) is 22.9 Å². The van der Waals surface area contributed by atoms with Crippen molar-refractivity contribution in [2.75, 3.05) is 6.61 Å². The van der Waals surface area contributed by atoms with Crippen LogP contribution in [0.3, 0.4) is 0 Å². The summed E-state index contributed by atoms with van der Waals surface area (Å²) in [6.07, 6.45) is 2.94. The first-order valence-electron chi connectivity index (χ1n) is 3.58. The molecule has 0 unspecified atom stereocenters. The summed E-state index contributed by atoms with van der Waals surface area (Å²) in [5, 5.41) is 0. The molecule has 0 aliphatic carbocycles. The number of nitrogens with zero attached hydrogens (tertiary/aromatic N) is 1. The first kappa shape index (κ1) is 10.4. The van der Waals surface area contributed by atoms with Crippen LogP contribution < -0.4 is 4.74 Å². The first-order chi connectivity index (χ1) is 5.97. The SMILES string of the molecule is CC(F)(F)COc1cncc(Br)c1. The van der Waals surface area contributed by atoms with Gasteiger partial charge in [0.15, 0.2) is 6.61 Å². The second-order valence-corrected chi connectivity index (χ2v) is 3.61. The van der Waals surface area contributed by atoms with Gasteiger partial charge in [0, 0.05) is 17.6 Å². The maximum absolute atomic E-state index is 12.4. The van der Waals surface area contributed by atoms with Gasteiger partial charge < -0.3 is 4.74 Å². The molecule has 5 heteroatoms. The maximum atomic E-state index is 12.4. The molecular weight excluding hydrogens is 244 g/mol. The van der Waals surface area contributed by atoms with Gasteiger partial charge in [0.05, 0.1) is 6.20 Å². The zero-order valence-electron chi connectivity index (χ0n) is 6.93. The fraction of sp³-hybridized carbons (Fsp3) is 0.375. The molecule has 0 N–H and O–H groups in total. The van der Waals surface area contributed by atoms with Crippen LogP contribution >= 0.6 is 15.9 Å². The lowest BCUT2D eigenvalue weighted by Crippen LogP contribution is -2.20. The Hall–Kier alpha value is -0.710. The Balaban J connectivity index is 2.55. The number of aromatic nitrogens is 1. The van der Waals surface area contributed by atoms with Gasteiger partial charge in [-0.3, -0.25) is 4.98 Å². The molecule has 13 heavy (non-hydrogen) atoms. The second kappa shape index (κ2) is 4.00. The molecule has 0 amide bonds. The minimum atomic E-state index is -2.82. The number of halogens is 3. The van der Waals surface area contributed by atoms with Crippen LogP contribution in [0, 0.1) is 0 Å². The van der Waals surface area contributed by atoms with E-state index >= 15 is 0 Å². The Kier molecular flexibility index (Phi) is 3.19. The summed E-state index contributed by atoms with van der Waals surface area (Å²) >= 11 is 3.15. The van der Waals surface area contributed by atoms with Crippen LogP contribution in [0.5, 0.6) is 5.75 Å². The van der Waals surface area contributed by atoms with Crippen molar-refractivity contribution in [1.29, 1.82) is 0 Å². The summed E-state index contributed by atoms with van der Waals surface area (Å²) in [5.41, 5.74) is 0. The van der Waals surface area contributed by atoms with Crippen molar-refractivity contribution < 1.29 is 13.5 Å². The van der Waals surface area contributed by atoms with Gasteiger partial charge in [0.25, 0.3) is 5.92 Å². The van der Waals surface area contributed by atoms with Crippen molar-refractivity contribution in [3.8, 4) is 5.75 Å². The van der Waals surface area contributed by atoms with E-state index < -0.39 is 12.5 Å². The molecule has 1 aromatic rings. The van der Waals surface area contributed by atoms with E-state index in [2.05, 4.69) is 20.9 Å². The molecule has 2 nitrogen and oxygen atoms in total. The topological polar surface area (TPSA) is 22.1 Å². The average Bonchev–Trinajstić information content (AvgIpc) is 2.00. The summed E-state index contributed by atoms with van der Waals surface area (Å²) in [6, 6.07) is 1.58. The number of pyridine rings is 1. The summed E-state index contributed by atoms with van der Waals surface area (Å²) in [4.78, 5) is 3.77. The molecule has 1 rings (SSSR count). The molecule has 0 saturated carbocycles. The van der Waals surface area contributed by atoms with Crippen LogP contribution in [-0.2, 0) is 0 Å². The molecule has 0 fully saturated rings. The molecule has 1 aromatic heterocycles. The predicted octanol–water partition coefficient (Wildman–Crippen LogP) is 2.88. The highest BCUT2D eigenvalue weighted by Crippen LogP contribution is 2.18. The number of hydrogen-bond donors (Lipinski definition) is 0. The summed E-state index contributed by atoms with van der Waals surface area (Å²) in [7, 11) is 0. The highest BCUT2D eigenvalue weighted by molar-refractivity contribution is 9.10. The van der Waals surface area contributed by atoms with Crippen LogP contribution in [-0.4, -0.2) is 17.5 Å². The zero-order chi connectivity index (χ0) is 9.90.